The third-order valence-electron chi connectivity index (χ3n) is 2.68. The van der Waals surface area contributed by atoms with E-state index in [1.165, 1.54) is 12.8 Å². The lowest BCUT2D eigenvalue weighted by Crippen LogP contribution is -2.30. The number of halogens is 1. The molecule has 0 aromatic carbocycles. The second kappa shape index (κ2) is 7.40. The molecule has 1 fully saturated rings. The monoisotopic (exact) mass is 362 g/mol. The third-order valence-corrected chi connectivity index (χ3v) is 2.68. The number of aliphatic imine (C=N–C) groups is 1. The maximum absolute atomic E-state index is 5.55. The Morgan fingerprint density at radius 1 is 1.56 bits per heavy atom. The van der Waals surface area contributed by atoms with Gasteiger partial charge in [-0.1, -0.05) is 6.07 Å². The van der Waals surface area contributed by atoms with E-state index in [0.29, 0.717) is 18.4 Å². The minimum atomic E-state index is 0. The second-order valence-corrected chi connectivity index (χ2v) is 4.22. The van der Waals surface area contributed by atoms with Gasteiger partial charge >= 0.3 is 0 Å². The van der Waals surface area contributed by atoms with Crippen LogP contribution in [0.5, 0.6) is 5.88 Å². The van der Waals surface area contributed by atoms with Gasteiger partial charge < -0.3 is 15.8 Å². The lowest BCUT2D eigenvalue weighted by Gasteiger charge is -2.06. The van der Waals surface area contributed by atoms with Crippen molar-refractivity contribution in [2.75, 3.05) is 13.7 Å². The van der Waals surface area contributed by atoms with Crippen molar-refractivity contribution < 1.29 is 4.74 Å². The number of rotatable bonds is 5. The van der Waals surface area contributed by atoms with E-state index in [4.69, 9.17) is 10.5 Å². The highest BCUT2D eigenvalue weighted by atomic mass is 127. The van der Waals surface area contributed by atoms with Crippen LogP contribution in [0.3, 0.4) is 0 Å². The van der Waals surface area contributed by atoms with Crippen LogP contribution in [-0.4, -0.2) is 24.6 Å². The predicted octanol–water partition coefficient (Wildman–Crippen LogP) is 1.52. The van der Waals surface area contributed by atoms with Gasteiger partial charge in [-0.15, -0.1) is 24.0 Å². The minimum Gasteiger partial charge on any atom is -0.477 e. The number of hydrogen-bond donors (Lipinski definition) is 2. The van der Waals surface area contributed by atoms with Crippen LogP contribution in [0, 0.1) is 5.92 Å². The molecule has 0 bridgehead atoms. The summed E-state index contributed by atoms with van der Waals surface area (Å²) < 4.78 is 5.55. The second-order valence-electron chi connectivity index (χ2n) is 4.22. The summed E-state index contributed by atoms with van der Waals surface area (Å²) in [5.41, 5.74) is 6.58. The molecule has 0 saturated heterocycles. The van der Waals surface area contributed by atoms with Gasteiger partial charge in [0.2, 0.25) is 5.88 Å². The largest absolute Gasteiger partial charge is 0.477 e. The van der Waals surface area contributed by atoms with E-state index in [2.05, 4.69) is 15.3 Å². The average molecular weight is 362 g/mol. The first-order valence-electron chi connectivity index (χ1n) is 5.82. The number of nitrogens with zero attached hydrogens (tertiary/aromatic N) is 2. The zero-order valence-corrected chi connectivity index (χ0v) is 12.8. The molecule has 2 rings (SSSR count). The van der Waals surface area contributed by atoms with Crippen molar-refractivity contribution in [1.82, 2.24) is 10.3 Å². The molecule has 0 aliphatic heterocycles. The van der Waals surface area contributed by atoms with E-state index in [-0.39, 0.29) is 24.0 Å². The van der Waals surface area contributed by atoms with Crippen molar-refractivity contribution in [3.05, 3.63) is 23.9 Å². The molecule has 1 aliphatic carbocycles. The first-order valence-corrected chi connectivity index (χ1v) is 5.82. The topological polar surface area (TPSA) is 72.5 Å². The van der Waals surface area contributed by atoms with Crippen LogP contribution in [0.4, 0.5) is 0 Å². The number of guanidine groups is 1. The van der Waals surface area contributed by atoms with Crippen LogP contribution in [0.1, 0.15) is 18.4 Å². The Kier molecular flexibility index (Phi) is 6.17. The highest BCUT2D eigenvalue weighted by molar-refractivity contribution is 14.0. The van der Waals surface area contributed by atoms with Gasteiger partial charge in [-0.25, -0.2) is 4.98 Å². The third kappa shape index (κ3) is 5.07. The Labute approximate surface area is 124 Å². The zero-order chi connectivity index (χ0) is 12.1. The number of hydrogen-bond acceptors (Lipinski definition) is 3. The first-order chi connectivity index (χ1) is 8.28. The molecule has 1 saturated carbocycles. The molecule has 1 aromatic rings. The van der Waals surface area contributed by atoms with Crippen LogP contribution < -0.4 is 15.8 Å². The van der Waals surface area contributed by atoms with E-state index in [0.717, 1.165) is 18.1 Å². The van der Waals surface area contributed by atoms with Crippen molar-refractivity contribution >= 4 is 29.9 Å². The van der Waals surface area contributed by atoms with Crippen molar-refractivity contribution in [1.29, 1.82) is 0 Å². The van der Waals surface area contributed by atoms with E-state index in [9.17, 15) is 0 Å². The first kappa shape index (κ1) is 15.0. The van der Waals surface area contributed by atoms with Crippen molar-refractivity contribution in [3.63, 3.8) is 0 Å². The smallest absolute Gasteiger partial charge is 0.213 e. The molecule has 1 heterocycles. The number of nitrogens with two attached hydrogens (primary N) is 1. The quantitative estimate of drug-likeness (QED) is 0.473. The standard InChI is InChI=1S/C12H18N4O.HI/c1-14-12(13)16-7-10-4-5-11(15-6-10)17-8-9-2-3-9;/h4-6,9H,2-3,7-8H2,1H3,(H3,13,14,16);1H. The molecular formula is C12H19IN4O. The molecule has 0 spiro atoms. The molecule has 0 amide bonds. The summed E-state index contributed by atoms with van der Waals surface area (Å²) in [5, 5.41) is 2.98. The number of pyridine rings is 1. The Bertz CT molecular complexity index is 390. The maximum Gasteiger partial charge on any atom is 0.213 e. The summed E-state index contributed by atoms with van der Waals surface area (Å²) in [4.78, 5) is 8.05. The van der Waals surface area contributed by atoms with E-state index >= 15 is 0 Å². The molecule has 1 aromatic heterocycles. The van der Waals surface area contributed by atoms with Crippen LogP contribution in [-0.2, 0) is 6.54 Å². The van der Waals surface area contributed by atoms with Gasteiger partial charge in [0.25, 0.3) is 0 Å². The Hall–Kier alpha value is -1.05. The van der Waals surface area contributed by atoms with E-state index in [1.807, 2.05) is 12.1 Å². The van der Waals surface area contributed by atoms with Crippen LogP contribution >= 0.6 is 24.0 Å². The van der Waals surface area contributed by atoms with Gasteiger partial charge in [-0.05, 0) is 24.3 Å². The molecule has 0 radical (unpaired) electrons. The minimum absolute atomic E-state index is 0. The molecular weight excluding hydrogens is 343 g/mol. The molecule has 18 heavy (non-hydrogen) atoms. The van der Waals surface area contributed by atoms with Gasteiger partial charge in [0.05, 0.1) is 6.61 Å². The Balaban J connectivity index is 0.00000162. The predicted molar refractivity (Wildman–Crippen MR) is 82.3 cm³/mol. The fraction of sp³-hybridized carbons (Fsp3) is 0.500. The van der Waals surface area contributed by atoms with Gasteiger partial charge in [0.1, 0.15) is 0 Å². The van der Waals surface area contributed by atoms with Crippen molar-refractivity contribution in [3.8, 4) is 5.88 Å². The summed E-state index contributed by atoms with van der Waals surface area (Å²) in [7, 11) is 1.65. The Morgan fingerprint density at radius 3 is 2.89 bits per heavy atom. The summed E-state index contributed by atoms with van der Waals surface area (Å²) in [6.07, 6.45) is 4.37. The van der Waals surface area contributed by atoms with Gasteiger partial charge in [0, 0.05) is 25.9 Å². The number of ether oxygens (including phenoxy) is 1. The highest BCUT2D eigenvalue weighted by Crippen LogP contribution is 2.29. The molecule has 5 nitrogen and oxygen atoms in total. The molecule has 0 unspecified atom stereocenters. The lowest BCUT2D eigenvalue weighted by atomic mass is 10.3. The Morgan fingerprint density at radius 2 is 2.33 bits per heavy atom. The van der Waals surface area contributed by atoms with Gasteiger partial charge in [0.15, 0.2) is 5.96 Å². The summed E-state index contributed by atoms with van der Waals surface area (Å²) in [5.74, 6) is 1.87. The van der Waals surface area contributed by atoms with Crippen molar-refractivity contribution in [2.45, 2.75) is 19.4 Å². The fourth-order valence-electron chi connectivity index (χ4n) is 1.36. The highest BCUT2D eigenvalue weighted by Gasteiger charge is 2.21. The molecule has 1 aliphatic rings. The van der Waals surface area contributed by atoms with Gasteiger partial charge in [-0.2, -0.15) is 0 Å². The van der Waals surface area contributed by atoms with E-state index in [1.54, 1.807) is 13.2 Å². The van der Waals surface area contributed by atoms with Crippen LogP contribution in [0.15, 0.2) is 23.3 Å². The maximum atomic E-state index is 5.55. The zero-order valence-electron chi connectivity index (χ0n) is 10.4. The molecule has 100 valence electrons. The SMILES string of the molecule is CN=C(N)NCc1ccc(OCC2CC2)nc1.I. The van der Waals surface area contributed by atoms with E-state index < -0.39 is 0 Å². The molecule has 0 atom stereocenters. The van der Waals surface area contributed by atoms with Gasteiger partial charge in [-0.3, -0.25) is 4.99 Å². The average Bonchev–Trinajstić information content (AvgIpc) is 3.18. The fourth-order valence-corrected chi connectivity index (χ4v) is 1.36. The lowest BCUT2D eigenvalue weighted by molar-refractivity contribution is 0.288. The van der Waals surface area contributed by atoms with Crippen LogP contribution in [0.25, 0.3) is 0 Å². The number of nitrogens with one attached hydrogen (secondary N) is 1. The summed E-state index contributed by atoms with van der Waals surface area (Å²) >= 11 is 0. The normalized spacial score (nSPS) is 14.8. The summed E-state index contributed by atoms with van der Waals surface area (Å²) in [6.45, 7) is 1.42. The van der Waals surface area contributed by atoms with Crippen molar-refractivity contribution in [2.24, 2.45) is 16.6 Å². The summed E-state index contributed by atoms with van der Waals surface area (Å²) in [6, 6.07) is 3.86. The van der Waals surface area contributed by atoms with Crippen LogP contribution in [0.2, 0.25) is 0 Å². The number of aromatic nitrogens is 1. The molecule has 6 heteroatoms. The molecule has 3 N–H and O–H groups in total.